The molecule has 7 nitrogen and oxygen atoms in total. The first-order valence-electron chi connectivity index (χ1n) is 9.72. The molecule has 0 saturated carbocycles. The lowest BCUT2D eigenvalue weighted by Gasteiger charge is -2.20. The molecule has 1 amide bonds. The zero-order valence-electron chi connectivity index (χ0n) is 18.4. The van der Waals surface area contributed by atoms with Gasteiger partial charge in [-0.3, -0.25) is 14.7 Å². The molecule has 2 aromatic heterocycles. The predicted octanol–water partition coefficient (Wildman–Crippen LogP) is 5.18. The van der Waals surface area contributed by atoms with Gasteiger partial charge in [0.25, 0.3) is 5.56 Å². The summed E-state index contributed by atoms with van der Waals surface area (Å²) in [5, 5.41) is 4.07. The third-order valence-corrected chi connectivity index (χ3v) is 4.44. The maximum absolute atomic E-state index is 12.8. The number of hydrogen-bond donors (Lipinski definition) is 1. The van der Waals surface area contributed by atoms with E-state index in [1.165, 1.54) is 16.3 Å². The maximum atomic E-state index is 12.8. The molecule has 1 N–H and O–H groups in total. The molecule has 8 heteroatoms. The average molecular weight is 429 g/mol. The molecule has 0 atom stereocenters. The van der Waals surface area contributed by atoms with Crippen LogP contribution in [0.4, 0.5) is 10.5 Å². The summed E-state index contributed by atoms with van der Waals surface area (Å²) < 4.78 is 6.80. The Labute approximate surface area is 180 Å². The Morgan fingerprint density at radius 2 is 1.90 bits per heavy atom. The summed E-state index contributed by atoms with van der Waals surface area (Å²) in [4.78, 5) is 33.7. The fourth-order valence-electron chi connectivity index (χ4n) is 2.73. The number of nitrogens with one attached hydrogen (secondary N) is 1. The minimum absolute atomic E-state index is 0.204. The van der Waals surface area contributed by atoms with Crippen LogP contribution in [0.5, 0.6) is 0 Å². The zero-order chi connectivity index (χ0) is 22.5. The molecule has 0 fully saturated rings. The Balaban J connectivity index is 0.00000155. The van der Waals surface area contributed by atoms with E-state index in [1.807, 2.05) is 27.0 Å². The van der Waals surface area contributed by atoms with Crippen LogP contribution in [-0.4, -0.2) is 32.5 Å². The van der Waals surface area contributed by atoms with Crippen LogP contribution in [0, 0.1) is 6.92 Å². The number of carbonyl (C=O) groups excluding carboxylic acids is 1. The third kappa shape index (κ3) is 5.60. The summed E-state index contributed by atoms with van der Waals surface area (Å²) in [6.45, 7) is 11.2. The van der Waals surface area contributed by atoms with Gasteiger partial charge in [0, 0.05) is 23.3 Å². The molecule has 0 aliphatic rings. The van der Waals surface area contributed by atoms with Gasteiger partial charge in [0.1, 0.15) is 5.60 Å². The Morgan fingerprint density at radius 3 is 2.53 bits per heavy atom. The molecule has 160 valence electrons. The van der Waals surface area contributed by atoms with Gasteiger partial charge in [-0.1, -0.05) is 31.7 Å². The topological polar surface area (TPSA) is 86.1 Å². The Morgan fingerprint density at radius 1 is 1.20 bits per heavy atom. The first-order chi connectivity index (χ1) is 14.2. The van der Waals surface area contributed by atoms with E-state index in [1.54, 1.807) is 57.3 Å². The van der Waals surface area contributed by atoms with Crippen molar-refractivity contribution in [2.75, 3.05) is 11.6 Å². The monoisotopic (exact) mass is 428 g/mol. The average Bonchev–Trinajstić information content (AvgIpc) is 2.68. The van der Waals surface area contributed by atoms with Gasteiger partial charge < -0.3 is 4.74 Å². The fraction of sp³-hybridized carbons (Fsp3) is 0.364. The van der Waals surface area contributed by atoms with Crippen LogP contribution in [0.25, 0.3) is 16.7 Å². The molecule has 0 saturated heterocycles. The van der Waals surface area contributed by atoms with E-state index in [0.29, 0.717) is 22.2 Å². The van der Waals surface area contributed by atoms with Crippen molar-refractivity contribution in [3.63, 3.8) is 0 Å². The zero-order valence-corrected chi connectivity index (χ0v) is 19.3. The lowest BCUT2D eigenvalue weighted by molar-refractivity contribution is 0.0636. The van der Waals surface area contributed by atoms with Gasteiger partial charge in [0.2, 0.25) is 0 Å². The molecular formula is C22H28N4O3S. The van der Waals surface area contributed by atoms with Gasteiger partial charge >= 0.3 is 6.09 Å². The number of thioether (sulfide) groups is 1. The Hall–Kier alpha value is -2.87. The van der Waals surface area contributed by atoms with Crippen LogP contribution < -0.4 is 10.9 Å². The van der Waals surface area contributed by atoms with Crippen molar-refractivity contribution in [1.29, 1.82) is 0 Å². The summed E-state index contributed by atoms with van der Waals surface area (Å²) >= 11 is 1.40. The van der Waals surface area contributed by atoms with E-state index >= 15 is 0 Å². The highest BCUT2D eigenvalue weighted by Crippen LogP contribution is 2.22. The van der Waals surface area contributed by atoms with Crippen LogP contribution in [0.15, 0.2) is 46.5 Å². The highest BCUT2D eigenvalue weighted by atomic mass is 32.2. The van der Waals surface area contributed by atoms with Crippen LogP contribution in [-0.2, 0) is 4.74 Å². The quantitative estimate of drug-likeness (QED) is 0.457. The van der Waals surface area contributed by atoms with E-state index in [9.17, 15) is 9.59 Å². The standard InChI is InChI=1S/C20H22N4O3S.C2H6/c1-12-9-16(25)24(17-15(12)11-21-18(23-17)28-5)14-8-6-7-13(10-14)22-19(26)27-20(2,3)4;1-2/h6-11H,1-5H3,(H,22,26);1-2H3. The van der Waals surface area contributed by atoms with Crippen molar-refractivity contribution in [2.24, 2.45) is 0 Å². The van der Waals surface area contributed by atoms with Crippen molar-refractivity contribution < 1.29 is 9.53 Å². The SMILES string of the molecule is CC.CSc1ncc2c(C)cc(=O)n(-c3cccc(NC(=O)OC(C)(C)C)c3)c2n1. The minimum atomic E-state index is -0.600. The number of amides is 1. The van der Waals surface area contributed by atoms with E-state index in [-0.39, 0.29) is 5.56 Å². The Bertz CT molecular complexity index is 1100. The highest BCUT2D eigenvalue weighted by Gasteiger charge is 2.17. The van der Waals surface area contributed by atoms with Gasteiger partial charge in [-0.25, -0.2) is 14.8 Å². The van der Waals surface area contributed by atoms with Gasteiger partial charge in [-0.2, -0.15) is 0 Å². The lowest BCUT2D eigenvalue weighted by atomic mass is 10.2. The van der Waals surface area contributed by atoms with Crippen LogP contribution >= 0.6 is 11.8 Å². The van der Waals surface area contributed by atoms with Crippen molar-refractivity contribution in [1.82, 2.24) is 14.5 Å². The van der Waals surface area contributed by atoms with E-state index in [2.05, 4.69) is 15.3 Å². The summed E-state index contributed by atoms with van der Waals surface area (Å²) in [5.41, 5.74) is 1.65. The Kier molecular flexibility index (Phi) is 7.61. The lowest BCUT2D eigenvalue weighted by Crippen LogP contribution is -2.27. The first kappa shape index (κ1) is 23.4. The van der Waals surface area contributed by atoms with Gasteiger partial charge in [0.15, 0.2) is 10.8 Å². The van der Waals surface area contributed by atoms with E-state index < -0.39 is 11.7 Å². The number of ether oxygens (including phenoxy) is 1. The molecule has 30 heavy (non-hydrogen) atoms. The van der Waals surface area contributed by atoms with E-state index in [0.717, 1.165) is 10.9 Å². The molecule has 0 aliphatic carbocycles. The number of pyridine rings is 1. The molecule has 1 aromatic carbocycles. The summed E-state index contributed by atoms with van der Waals surface area (Å²) in [7, 11) is 0. The van der Waals surface area contributed by atoms with E-state index in [4.69, 9.17) is 4.74 Å². The second-order valence-corrected chi connectivity index (χ2v) is 8.05. The molecule has 0 unspecified atom stereocenters. The van der Waals surface area contributed by atoms with Crippen molar-refractivity contribution in [3.05, 3.63) is 52.4 Å². The third-order valence-electron chi connectivity index (χ3n) is 3.88. The summed E-state index contributed by atoms with van der Waals surface area (Å²) in [6, 6.07) is 8.55. The smallest absolute Gasteiger partial charge is 0.412 e. The molecule has 0 radical (unpaired) electrons. The molecule has 0 bridgehead atoms. The van der Waals surface area contributed by atoms with Crippen molar-refractivity contribution in [3.8, 4) is 5.69 Å². The van der Waals surface area contributed by atoms with Gasteiger partial charge in [0.05, 0.1) is 5.69 Å². The largest absolute Gasteiger partial charge is 0.444 e. The molecule has 0 spiro atoms. The number of rotatable bonds is 3. The second-order valence-electron chi connectivity index (χ2n) is 7.27. The summed E-state index contributed by atoms with van der Waals surface area (Å²) in [5.74, 6) is 0. The molecular weight excluding hydrogens is 400 g/mol. The van der Waals surface area contributed by atoms with Gasteiger partial charge in [-0.15, -0.1) is 0 Å². The number of aromatic nitrogens is 3. The number of fused-ring (bicyclic) bond motifs is 1. The molecule has 3 rings (SSSR count). The van der Waals surface area contributed by atoms with Crippen molar-refractivity contribution >= 4 is 34.6 Å². The number of hydrogen-bond acceptors (Lipinski definition) is 6. The van der Waals surface area contributed by atoms with Crippen LogP contribution in [0.3, 0.4) is 0 Å². The second kappa shape index (κ2) is 9.75. The van der Waals surface area contributed by atoms with Crippen LogP contribution in [0.2, 0.25) is 0 Å². The first-order valence-corrected chi connectivity index (χ1v) is 10.9. The molecule has 2 heterocycles. The number of nitrogens with zero attached hydrogens (tertiary/aromatic N) is 3. The number of aryl methyl sites for hydroxylation is 1. The van der Waals surface area contributed by atoms with Crippen molar-refractivity contribution in [2.45, 2.75) is 52.3 Å². The maximum Gasteiger partial charge on any atom is 0.412 e. The minimum Gasteiger partial charge on any atom is -0.444 e. The normalized spacial score (nSPS) is 10.9. The number of benzene rings is 1. The van der Waals surface area contributed by atoms with Gasteiger partial charge in [-0.05, 0) is 57.7 Å². The molecule has 0 aliphatic heterocycles. The number of carbonyl (C=O) groups is 1. The predicted molar refractivity (Wildman–Crippen MR) is 123 cm³/mol. The fourth-order valence-corrected chi connectivity index (χ4v) is 3.07. The molecule has 3 aromatic rings. The van der Waals surface area contributed by atoms with Crippen LogP contribution in [0.1, 0.15) is 40.2 Å². The summed E-state index contributed by atoms with van der Waals surface area (Å²) in [6.07, 6.45) is 3.05. The number of anilines is 1. The highest BCUT2D eigenvalue weighted by molar-refractivity contribution is 7.98.